The number of amides is 3. The molecule has 31 heavy (non-hydrogen) atoms. The molecule has 0 fully saturated rings. The Kier molecular flexibility index (Phi) is 8.95. The molecule has 0 aliphatic rings. The van der Waals surface area contributed by atoms with Gasteiger partial charge in [-0.3, -0.25) is 30.6 Å². The van der Waals surface area contributed by atoms with Gasteiger partial charge in [-0.1, -0.05) is 32.0 Å². The maximum atomic E-state index is 12.2. The van der Waals surface area contributed by atoms with E-state index in [9.17, 15) is 14.4 Å². The summed E-state index contributed by atoms with van der Waals surface area (Å²) in [6, 6.07) is 13.7. The number of rotatable bonds is 7. The second kappa shape index (κ2) is 11.7. The van der Waals surface area contributed by atoms with Gasteiger partial charge in [0.2, 0.25) is 5.91 Å². The van der Waals surface area contributed by atoms with Crippen molar-refractivity contribution in [3.05, 3.63) is 59.7 Å². The summed E-state index contributed by atoms with van der Waals surface area (Å²) in [5, 5.41) is 5.12. The summed E-state index contributed by atoms with van der Waals surface area (Å²) in [5.41, 5.74) is 6.73. The van der Waals surface area contributed by atoms with Crippen molar-refractivity contribution in [1.82, 2.24) is 16.2 Å². The summed E-state index contributed by atoms with van der Waals surface area (Å²) in [4.78, 5) is 35.9. The van der Waals surface area contributed by atoms with Crippen molar-refractivity contribution in [3.63, 3.8) is 0 Å². The van der Waals surface area contributed by atoms with Crippen molar-refractivity contribution < 1.29 is 19.1 Å². The SMILES string of the molecule is Cc1ccccc1OCC(=O)NC(=S)NNC(=O)c1ccc(NC(=O)CC(C)C)cc1. The molecule has 0 atom stereocenters. The fourth-order valence-electron chi connectivity index (χ4n) is 2.53. The van der Waals surface area contributed by atoms with Gasteiger partial charge in [-0.2, -0.15) is 0 Å². The minimum absolute atomic E-state index is 0.0655. The summed E-state index contributed by atoms with van der Waals surface area (Å²) in [6.07, 6.45) is 0.422. The number of anilines is 1. The quantitative estimate of drug-likeness (QED) is 0.388. The Hall–Kier alpha value is -3.46. The number of hydrogen-bond donors (Lipinski definition) is 4. The van der Waals surface area contributed by atoms with E-state index in [0.717, 1.165) is 5.56 Å². The highest BCUT2D eigenvalue weighted by atomic mass is 32.1. The van der Waals surface area contributed by atoms with Crippen molar-refractivity contribution in [2.24, 2.45) is 5.92 Å². The van der Waals surface area contributed by atoms with Gasteiger partial charge in [-0.25, -0.2) is 0 Å². The molecule has 0 saturated heterocycles. The first-order valence-electron chi connectivity index (χ1n) is 9.73. The van der Waals surface area contributed by atoms with E-state index in [2.05, 4.69) is 21.5 Å². The number of ether oxygens (including phenoxy) is 1. The molecule has 3 amide bonds. The van der Waals surface area contributed by atoms with E-state index in [1.807, 2.05) is 39.0 Å². The first-order chi connectivity index (χ1) is 14.7. The van der Waals surface area contributed by atoms with E-state index in [4.69, 9.17) is 17.0 Å². The Bertz CT molecular complexity index is 945. The van der Waals surface area contributed by atoms with Crippen molar-refractivity contribution in [2.75, 3.05) is 11.9 Å². The Morgan fingerprint density at radius 2 is 1.65 bits per heavy atom. The van der Waals surface area contributed by atoms with Gasteiger partial charge >= 0.3 is 0 Å². The molecule has 0 unspecified atom stereocenters. The molecule has 0 heterocycles. The molecule has 0 aromatic heterocycles. The molecule has 0 saturated carbocycles. The predicted octanol–water partition coefficient (Wildman–Crippen LogP) is 2.69. The van der Waals surface area contributed by atoms with Crippen molar-refractivity contribution in [3.8, 4) is 5.75 Å². The lowest BCUT2D eigenvalue weighted by Gasteiger charge is -2.12. The molecule has 2 rings (SSSR count). The Balaban J connectivity index is 1.74. The fourth-order valence-corrected chi connectivity index (χ4v) is 2.69. The van der Waals surface area contributed by atoms with Crippen LogP contribution in [0.1, 0.15) is 36.2 Å². The number of hydrazine groups is 1. The number of carbonyl (C=O) groups excluding carboxylic acids is 3. The van der Waals surface area contributed by atoms with Gasteiger partial charge < -0.3 is 10.1 Å². The molecular formula is C22H26N4O4S. The summed E-state index contributed by atoms with van der Waals surface area (Å²) < 4.78 is 5.44. The van der Waals surface area contributed by atoms with Gasteiger partial charge in [-0.05, 0) is 61.0 Å². The third-order valence-corrected chi connectivity index (χ3v) is 4.22. The van der Waals surface area contributed by atoms with Crippen LogP contribution in [0.15, 0.2) is 48.5 Å². The Morgan fingerprint density at radius 1 is 0.968 bits per heavy atom. The maximum absolute atomic E-state index is 12.2. The van der Waals surface area contributed by atoms with Crippen LogP contribution in [-0.4, -0.2) is 29.4 Å². The number of thiocarbonyl (C=S) groups is 1. The number of benzene rings is 2. The monoisotopic (exact) mass is 442 g/mol. The minimum atomic E-state index is -0.462. The van der Waals surface area contributed by atoms with Crippen LogP contribution < -0.4 is 26.2 Å². The van der Waals surface area contributed by atoms with Crippen LogP contribution >= 0.6 is 12.2 Å². The summed E-state index contributed by atoms with van der Waals surface area (Å²) in [6.45, 7) is 5.58. The van der Waals surface area contributed by atoms with E-state index in [0.29, 0.717) is 23.4 Å². The molecular weight excluding hydrogens is 416 g/mol. The minimum Gasteiger partial charge on any atom is -0.483 e. The highest BCUT2D eigenvalue weighted by molar-refractivity contribution is 7.80. The third-order valence-electron chi connectivity index (χ3n) is 4.02. The largest absolute Gasteiger partial charge is 0.483 e. The lowest BCUT2D eigenvalue weighted by atomic mass is 10.1. The number of hydrogen-bond acceptors (Lipinski definition) is 5. The molecule has 0 aliphatic carbocycles. The average molecular weight is 443 g/mol. The maximum Gasteiger partial charge on any atom is 0.269 e. The lowest BCUT2D eigenvalue weighted by molar-refractivity contribution is -0.121. The second-order valence-corrected chi connectivity index (χ2v) is 7.64. The van der Waals surface area contributed by atoms with Gasteiger partial charge in [-0.15, -0.1) is 0 Å². The lowest BCUT2D eigenvalue weighted by Crippen LogP contribution is -2.49. The Morgan fingerprint density at radius 3 is 2.29 bits per heavy atom. The summed E-state index contributed by atoms with van der Waals surface area (Å²) in [5.74, 6) is -0.131. The van der Waals surface area contributed by atoms with Crippen LogP contribution in [0.4, 0.5) is 5.69 Å². The topological polar surface area (TPSA) is 109 Å². The second-order valence-electron chi connectivity index (χ2n) is 7.23. The number of nitrogens with one attached hydrogen (secondary N) is 4. The normalized spacial score (nSPS) is 10.2. The van der Waals surface area contributed by atoms with E-state index < -0.39 is 11.8 Å². The van der Waals surface area contributed by atoms with Crippen LogP contribution in [0, 0.1) is 12.8 Å². The van der Waals surface area contributed by atoms with Crippen LogP contribution in [0.3, 0.4) is 0 Å². The number of carbonyl (C=O) groups is 3. The molecule has 2 aromatic carbocycles. The fraction of sp³-hybridized carbons (Fsp3) is 0.273. The predicted molar refractivity (Wildman–Crippen MR) is 123 cm³/mol. The first-order valence-corrected chi connectivity index (χ1v) is 10.1. The molecule has 0 spiro atoms. The molecule has 0 aliphatic heterocycles. The molecule has 164 valence electrons. The Labute approximate surface area is 186 Å². The van der Waals surface area contributed by atoms with Crippen LogP contribution in [0.2, 0.25) is 0 Å². The van der Waals surface area contributed by atoms with Crippen molar-refractivity contribution in [2.45, 2.75) is 27.2 Å². The molecule has 4 N–H and O–H groups in total. The zero-order chi connectivity index (χ0) is 22.8. The van der Waals surface area contributed by atoms with Crippen LogP contribution in [-0.2, 0) is 9.59 Å². The molecule has 0 radical (unpaired) electrons. The zero-order valence-electron chi connectivity index (χ0n) is 17.7. The van der Waals surface area contributed by atoms with Crippen molar-refractivity contribution in [1.29, 1.82) is 0 Å². The van der Waals surface area contributed by atoms with Gasteiger partial charge in [0.05, 0.1) is 0 Å². The van der Waals surface area contributed by atoms with Gasteiger partial charge in [0.15, 0.2) is 11.7 Å². The van der Waals surface area contributed by atoms with E-state index in [-0.39, 0.29) is 23.5 Å². The smallest absolute Gasteiger partial charge is 0.269 e. The van der Waals surface area contributed by atoms with Gasteiger partial charge in [0.1, 0.15) is 5.75 Å². The number of aryl methyl sites for hydroxylation is 1. The van der Waals surface area contributed by atoms with Crippen LogP contribution in [0.25, 0.3) is 0 Å². The highest BCUT2D eigenvalue weighted by Gasteiger charge is 2.10. The third kappa shape index (κ3) is 8.43. The van der Waals surface area contributed by atoms with E-state index in [1.165, 1.54) is 0 Å². The van der Waals surface area contributed by atoms with E-state index >= 15 is 0 Å². The molecule has 9 heteroatoms. The molecule has 8 nitrogen and oxygen atoms in total. The standard InChI is InChI=1S/C22H26N4O4S/c1-14(2)12-19(27)23-17-10-8-16(9-11-17)21(29)25-26-22(31)24-20(28)13-30-18-7-5-4-6-15(18)3/h4-11,14H,12-13H2,1-3H3,(H,23,27)(H,25,29)(H2,24,26,28,31). The van der Waals surface area contributed by atoms with Crippen LogP contribution in [0.5, 0.6) is 5.75 Å². The summed E-state index contributed by atoms with van der Waals surface area (Å²) >= 11 is 5.00. The summed E-state index contributed by atoms with van der Waals surface area (Å²) in [7, 11) is 0. The van der Waals surface area contributed by atoms with Gasteiger partial charge in [0.25, 0.3) is 11.8 Å². The van der Waals surface area contributed by atoms with Crippen molar-refractivity contribution >= 4 is 40.7 Å². The highest BCUT2D eigenvalue weighted by Crippen LogP contribution is 2.15. The zero-order valence-corrected chi connectivity index (χ0v) is 18.5. The first kappa shape index (κ1) is 23.8. The van der Waals surface area contributed by atoms with E-state index in [1.54, 1.807) is 30.3 Å². The van der Waals surface area contributed by atoms with Gasteiger partial charge in [0, 0.05) is 17.7 Å². The molecule has 2 aromatic rings. The number of para-hydroxylation sites is 1. The molecule has 0 bridgehead atoms. The average Bonchev–Trinajstić information content (AvgIpc) is 2.71.